The summed E-state index contributed by atoms with van der Waals surface area (Å²) in [5.74, 6) is -0.239. The Morgan fingerprint density at radius 3 is 2.37 bits per heavy atom. The fraction of sp³-hybridized carbons (Fsp3) is 0.625. The van der Waals surface area contributed by atoms with Crippen LogP contribution in [0.25, 0.3) is 0 Å². The summed E-state index contributed by atoms with van der Waals surface area (Å²) < 4.78 is 13.7. The molecule has 2 rings (SSSR count). The second-order valence-corrected chi connectivity index (χ2v) is 6.49. The number of aryl methyl sites for hydroxylation is 1. The van der Waals surface area contributed by atoms with Gasteiger partial charge in [0.25, 0.3) is 0 Å². The second-order valence-electron chi connectivity index (χ2n) is 6.49. The van der Waals surface area contributed by atoms with Crippen LogP contribution in [0.1, 0.15) is 50.8 Å². The van der Waals surface area contributed by atoms with Gasteiger partial charge in [0.2, 0.25) is 0 Å². The average Bonchev–Trinajstić information content (AvgIpc) is 2.32. The SMILES string of the molecule is Cc1cc(N2CCC(C)(C)CC2)c([C@H](C)O)cc1F. The Labute approximate surface area is 115 Å². The summed E-state index contributed by atoms with van der Waals surface area (Å²) in [7, 11) is 0. The van der Waals surface area contributed by atoms with Crippen LogP contribution in [0.3, 0.4) is 0 Å². The molecule has 0 aliphatic carbocycles. The molecule has 0 spiro atoms. The molecule has 0 bridgehead atoms. The topological polar surface area (TPSA) is 23.5 Å². The molecule has 1 aliphatic heterocycles. The van der Waals surface area contributed by atoms with Crippen LogP contribution in [0.4, 0.5) is 10.1 Å². The highest BCUT2D eigenvalue weighted by atomic mass is 19.1. The van der Waals surface area contributed by atoms with E-state index in [-0.39, 0.29) is 5.82 Å². The summed E-state index contributed by atoms with van der Waals surface area (Å²) >= 11 is 0. The quantitative estimate of drug-likeness (QED) is 0.879. The minimum absolute atomic E-state index is 0.239. The zero-order valence-electron chi connectivity index (χ0n) is 12.3. The fourth-order valence-electron chi connectivity index (χ4n) is 2.64. The Kier molecular flexibility index (Phi) is 3.86. The molecule has 1 saturated heterocycles. The highest BCUT2D eigenvalue weighted by Crippen LogP contribution is 2.36. The minimum Gasteiger partial charge on any atom is -0.389 e. The third-order valence-electron chi connectivity index (χ3n) is 4.22. The van der Waals surface area contributed by atoms with Crippen molar-refractivity contribution in [1.29, 1.82) is 0 Å². The van der Waals surface area contributed by atoms with E-state index in [0.717, 1.165) is 31.6 Å². The lowest BCUT2D eigenvalue weighted by atomic mass is 9.82. The summed E-state index contributed by atoms with van der Waals surface area (Å²) in [6.07, 6.45) is 1.62. The molecular weight excluding hydrogens is 241 g/mol. The molecular formula is C16H24FNO. The lowest BCUT2D eigenvalue weighted by Gasteiger charge is -2.39. The highest BCUT2D eigenvalue weighted by Gasteiger charge is 2.27. The molecule has 1 atom stereocenters. The van der Waals surface area contributed by atoms with Crippen molar-refractivity contribution in [2.24, 2.45) is 5.41 Å². The Balaban J connectivity index is 2.31. The Morgan fingerprint density at radius 2 is 1.84 bits per heavy atom. The summed E-state index contributed by atoms with van der Waals surface area (Å²) in [5, 5.41) is 9.86. The van der Waals surface area contributed by atoms with E-state index in [4.69, 9.17) is 0 Å². The number of benzene rings is 1. The lowest BCUT2D eigenvalue weighted by Crippen LogP contribution is -2.38. The van der Waals surface area contributed by atoms with Crippen molar-refractivity contribution in [3.8, 4) is 0 Å². The summed E-state index contributed by atoms with van der Waals surface area (Å²) in [5.41, 5.74) is 2.72. The number of aliphatic hydroxyl groups is 1. The molecule has 1 aromatic carbocycles. The number of hydrogen-bond acceptors (Lipinski definition) is 2. The van der Waals surface area contributed by atoms with Crippen molar-refractivity contribution >= 4 is 5.69 Å². The zero-order chi connectivity index (χ0) is 14.2. The number of rotatable bonds is 2. The number of hydrogen-bond donors (Lipinski definition) is 1. The van der Waals surface area contributed by atoms with Crippen molar-refractivity contribution in [3.05, 3.63) is 29.1 Å². The molecule has 0 aromatic heterocycles. The first-order valence-electron chi connectivity index (χ1n) is 7.03. The molecule has 1 fully saturated rings. The number of halogens is 1. The first-order chi connectivity index (χ1) is 8.80. The van der Waals surface area contributed by atoms with Gasteiger partial charge in [0.1, 0.15) is 5.82 Å². The molecule has 0 unspecified atom stereocenters. The van der Waals surface area contributed by atoms with Gasteiger partial charge in [-0.25, -0.2) is 4.39 Å². The summed E-state index contributed by atoms with van der Waals surface area (Å²) in [6, 6.07) is 3.35. The first kappa shape index (κ1) is 14.3. The van der Waals surface area contributed by atoms with Gasteiger partial charge < -0.3 is 10.0 Å². The van der Waals surface area contributed by atoms with E-state index < -0.39 is 6.10 Å². The largest absolute Gasteiger partial charge is 0.389 e. The van der Waals surface area contributed by atoms with Crippen molar-refractivity contribution in [2.45, 2.75) is 46.6 Å². The van der Waals surface area contributed by atoms with Crippen molar-refractivity contribution in [1.82, 2.24) is 0 Å². The zero-order valence-corrected chi connectivity index (χ0v) is 12.3. The van der Waals surface area contributed by atoms with E-state index in [9.17, 15) is 9.50 Å². The first-order valence-corrected chi connectivity index (χ1v) is 7.03. The number of aliphatic hydroxyl groups excluding tert-OH is 1. The van der Waals surface area contributed by atoms with Crippen LogP contribution in [-0.4, -0.2) is 18.2 Å². The van der Waals surface area contributed by atoms with E-state index in [1.54, 1.807) is 13.8 Å². The summed E-state index contributed by atoms with van der Waals surface area (Å²) in [4.78, 5) is 2.28. The van der Waals surface area contributed by atoms with Crippen molar-refractivity contribution < 1.29 is 9.50 Å². The van der Waals surface area contributed by atoms with Gasteiger partial charge in [-0.15, -0.1) is 0 Å². The minimum atomic E-state index is -0.639. The monoisotopic (exact) mass is 265 g/mol. The van der Waals surface area contributed by atoms with E-state index in [2.05, 4.69) is 18.7 Å². The highest BCUT2D eigenvalue weighted by molar-refractivity contribution is 5.57. The Bertz CT molecular complexity index is 458. The van der Waals surface area contributed by atoms with E-state index in [1.165, 1.54) is 6.07 Å². The molecule has 1 heterocycles. The van der Waals surface area contributed by atoms with Gasteiger partial charge in [-0.3, -0.25) is 0 Å². The molecule has 1 aromatic rings. The lowest BCUT2D eigenvalue weighted by molar-refractivity contribution is 0.198. The van der Waals surface area contributed by atoms with Gasteiger partial charge in [-0.05, 0) is 49.8 Å². The predicted octanol–water partition coefficient (Wildman–Crippen LogP) is 3.81. The predicted molar refractivity (Wildman–Crippen MR) is 77.0 cm³/mol. The van der Waals surface area contributed by atoms with Crippen molar-refractivity contribution in [3.63, 3.8) is 0 Å². The molecule has 0 saturated carbocycles. The van der Waals surface area contributed by atoms with E-state index >= 15 is 0 Å². The molecule has 19 heavy (non-hydrogen) atoms. The van der Waals surface area contributed by atoms with Crippen LogP contribution >= 0.6 is 0 Å². The molecule has 3 heteroatoms. The molecule has 0 amide bonds. The van der Waals surface area contributed by atoms with Crippen LogP contribution in [0.2, 0.25) is 0 Å². The summed E-state index contributed by atoms with van der Waals surface area (Å²) in [6.45, 7) is 9.99. The molecule has 106 valence electrons. The van der Waals surface area contributed by atoms with Crippen LogP contribution < -0.4 is 4.90 Å². The smallest absolute Gasteiger partial charge is 0.126 e. The maximum atomic E-state index is 13.7. The van der Waals surface area contributed by atoms with Gasteiger partial charge in [0.05, 0.1) is 6.10 Å². The van der Waals surface area contributed by atoms with Gasteiger partial charge in [0, 0.05) is 24.3 Å². The van der Waals surface area contributed by atoms with Crippen LogP contribution in [-0.2, 0) is 0 Å². The van der Waals surface area contributed by atoms with Crippen LogP contribution in [0.5, 0.6) is 0 Å². The van der Waals surface area contributed by atoms with Crippen LogP contribution in [0.15, 0.2) is 12.1 Å². The number of anilines is 1. The fourth-order valence-corrected chi connectivity index (χ4v) is 2.64. The van der Waals surface area contributed by atoms with Gasteiger partial charge in [0.15, 0.2) is 0 Å². The molecule has 1 N–H and O–H groups in total. The standard InChI is InChI=1S/C16H24FNO/c1-11-9-15(13(12(2)19)10-14(11)17)18-7-5-16(3,4)6-8-18/h9-10,12,19H,5-8H2,1-4H3/t12-/m0/s1. The van der Waals surface area contributed by atoms with Gasteiger partial charge in [-0.2, -0.15) is 0 Å². The Hall–Kier alpha value is -1.09. The third-order valence-corrected chi connectivity index (χ3v) is 4.22. The number of nitrogens with zero attached hydrogens (tertiary/aromatic N) is 1. The van der Waals surface area contributed by atoms with Crippen molar-refractivity contribution in [2.75, 3.05) is 18.0 Å². The molecule has 0 radical (unpaired) electrons. The maximum Gasteiger partial charge on any atom is 0.126 e. The molecule has 1 aliphatic rings. The molecule has 2 nitrogen and oxygen atoms in total. The number of piperidine rings is 1. The van der Waals surface area contributed by atoms with Gasteiger partial charge >= 0.3 is 0 Å². The van der Waals surface area contributed by atoms with E-state index in [1.807, 2.05) is 6.07 Å². The third kappa shape index (κ3) is 3.08. The van der Waals surface area contributed by atoms with Crippen LogP contribution in [0, 0.1) is 18.2 Å². The maximum absolute atomic E-state index is 13.7. The van der Waals surface area contributed by atoms with E-state index in [0.29, 0.717) is 16.5 Å². The normalized spacial score (nSPS) is 20.4. The average molecular weight is 265 g/mol. The van der Waals surface area contributed by atoms with Gasteiger partial charge in [-0.1, -0.05) is 13.8 Å². The Morgan fingerprint density at radius 1 is 1.26 bits per heavy atom. The second kappa shape index (κ2) is 5.12.